The highest BCUT2D eigenvalue weighted by Gasteiger charge is 2.43. The van der Waals surface area contributed by atoms with Crippen LogP contribution in [0, 0.1) is 0 Å². The summed E-state index contributed by atoms with van der Waals surface area (Å²) in [6.07, 6.45) is 0. The van der Waals surface area contributed by atoms with E-state index in [4.69, 9.17) is 29.9 Å². The van der Waals surface area contributed by atoms with Crippen LogP contribution >= 0.6 is 0 Å². The van der Waals surface area contributed by atoms with E-state index in [2.05, 4.69) is 0 Å². The molecular formula is C8H16O6. The second-order valence-corrected chi connectivity index (χ2v) is 3.58. The number of rotatable bonds is 4. The Bertz CT molecular complexity index is 143. The molecule has 0 aliphatic carbocycles. The molecule has 0 spiro atoms. The molecule has 0 bridgehead atoms. The molecule has 1 fully saturated rings. The molecule has 0 saturated carbocycles. The van der Waals surface area contributed by atoms with Gasteiger partial charge in [0.15, 0.2) is 0 Å². The van der Waals surface area contributed by atoms with Gasteiger partial charge >= 0.3 is 0 Å². The summed E-state index contributed by atoms with van der Waals surface area (Å²) in [5, 5.41) is 35.9. The molecular weight excluding hydrogens is 192 g/mol. The van der Waals surface area contributed by atoms with Crippen LogP contribution < -0.4 is 0 Å². The van der Waals surface area contributed by atoms with Crippen molar-refractivity contribution >= 4 is 0 Å². The van der Waals surface area contributed by atoms with Crippen molar-refractivity contribution in [1.29, 1.82) is 0 Å². The fourth-order valence-corrected chi connectivity index (χ4v) is 1.12. The van der Waals surface area contributed by atoms with E-state index in [1.807, 2.05) is 0 Å². The first kappa shape index (κ1) is 11.8. The largest absolute Gasteiger partial charge is 0.393 e. The van der Waals surface area contributed by atoms with Gasteiger partial charge in [-0.05, 0) is 0 Å². The predicted molar refractivity (Wildman–Crippen MR) is 45.7 cm³/mol. The first-order valence-corrected chi connectivity index (χ1v) is 4.37. The highest BCUT2D eigenvalue weighted by molar-refractivity contribution is 4.90. The summed E-state index contributed by atoms with van der Waals surface area (Å²) < 4.78 is 10.4. The molecule has 4 N–H and O–H groups in total. The Balaban J connectivity index is 2.59. The van der Waals surface area contributed by atoms with Crippen molar-refractivity contribution in [1.82, 2.24) is 0 Å². The zero-order chi connectivity index (χ0) is 10.7. The molecule has 1 saturated heterocycles. The summed E-state index contributed by atoms with van der Waals surface area (Å²) >= 11 is 0. The summed E-state index contributed by atoms with van der Waals surface area (Å²) in [6.45, 7) is -1.57. The van der Waals surface area contributed by atoms with Gasteiger partial charge in [0.1, 0.15) is 11.2 Å². The Morgan fingerprint density at radius 3 is 1.14 bits per heavy atom. The maximum Gasteiger partial charge on any atom is 0.137 e. The minimum Gasteiger partial charge on any atom is -0.393 e. The van der Waals surface area contributed by atoms with Crippen molar-refractivity contribution in [2.75, 3.05) is 39.6 Å². The highest BCUT2D eigenvalue weighted by Crippen LogP contribution is 2.24. The van der Waals surface area contributed by atoms with Gasteiger partial charge in [0.25, 0.3) is 0 Å². The maximum absolute atomic E-state index is 8.97. The molecule has 0 aromatic heterocycles. The van der Waals surface area contributed by atoms with Crippen molar-refractivity contribution in [2.24, 2.45) is 0 Å². The smallest absolute Gasteiger partial charge is 0.137 e. The molecule has 1 aliphatic heterocycles. The summed E-state index contributed by atoms with van der Waals surface area (Å²) in [5.41, 5.74) is -2.23. The number of hydrogen-bond donors (Lipinski definition) is 4. The Morgan fingerprint density at radius 2 is 1.00 bits per heavy atom. The van der Waals surface area contributed by atoms with Crippen molar-refractivity contribution < 1.29 is 29.9 Å². The van der Waals surface area contributed by atoms with Gasteiger partial charge in [0, 0.05) is 0 Å². The number of aliphatic hydroxyl groups is 4. The lowest BCUT2D eigenvalue weighted by Crippen LogP contribution is -2.60. The molecule has 0 aromatic carbocycles. The summed E-state index contributed by atoms with van der Waals surface area (Å²) in [5.74, 6) is 0. The molecule has 14 heavy (non-hydrogen) atoms. The van der Waals surface area contributed by atoms with Gasteiger partial charge in [-0.25, -0.2) is 0 Å². The normalized spacial score (nSPS) is 24.9. The third-order valence-corrected chi connectivity index (χ3v) is 2.44. The minimum atomic E-state index is -1.12. The van der Waals surface area contributed by atoms with Gasteiger partial charge in [-0.1, -0.05) is 0 Å². The lowest BCUT2D eigenvalue weighted by molar-refractivity contribution is -0.271. The minimum absolute atomic E-state index is 0.0544. The quantitative estimate of drug-likeness (QED) is 0.407. The second kappa shape index (κ2) is 4.52. The molecule has 6 heteroatoms. The van der Waals surface area contributed by atoms with Crippen LogP contribution in [0.3, 0.4) is 0 Å². The molecule has 0 aromatic rings. The monoisotopic (exact) mass is 208 g/mol. The first-order chi connectivity index (χ1) is 6.66. The topological polar surface area (TPSA) is 99.4 Å². The molecule has 84 valence electrons. The van der Waals surface area contributed by atoms with Gasteiger partial charge in [0.2, 0.25) is 0 Å². The van der Waals surface area contributed by atoms with Gasteiger partial charge in [-0.3, -0.25) is 0 Å². The zero-order valence-electron chi connectivity index (χ0n) is 7.85. The van der Waals surface area contributed by atoms with Crippen LogP contribution in [0.1, 0.15) is 0 Å². The Labute approximate surface area is 81.7 Å². The molecule has 0 unspecified atom stereocenters. The molecule has 6 nitrogen and oxygen atoms in total. The van der Waals surface area contributed by atoms with Gasteiger partial charge in [0.05, 0.1) is 39.6 Å². The molecule has 1 heterocycles. The van der Waals surface area contributed by atoms with Crippen LogP contribution in [0.25, 0.3) is 0 Å². The van der Waals surface area contributed by atoms with Crippen molar-refractivity contribution in [3.63, 3.8) is 0 Å². The predicted octanol–water partition coefficient (Wildman–Crippen LogP) is -2.52. The van der Waals surface area contributed by atoms with Gasteiger partial charge in [-0.15, -0.1) is 0 Å². The fourth-order valence-electron chi connectivity index (χ4n) is 1.12. The van der Waals surface area contributed by atoms with Crippen LogP contribution in [-0.4, -0.2) is 71.3 Å². The average molecular weight is 208 g/mol. The first-order valence-electron chi connectivity index (χ1n) is 4.37. The summed E-state index contributed by atoms with van der Waals surface area (Å²) in [4.78, 5) is 0. The number of aliphatic hydroxyl groups excluding tert-OH is 4. The molecule has 0 atom stereocenters. The highest BCUT2D eigenvalue weighted by atomic mass is 16.6. The standard InChI is InChI=1S/C8H16O6/c9-1-7(2-10)5-14-8(3-11,4-12)6-13-7/h9-12H,1-6H2. The van der Waals surface area contributed by atoms with E-state index < -0.39 is 11.2 Å². The number of ether oxygens (including phenoxy) is 2. The third-order valence-electron chi connectivity index (χ3n) is 2.44. The van der Waals surface area contributed by atoms with Crippen LogP contribution in [0.5, 0.6) is 0 Å². The van der Waals surface area contributed by atoms with Crippen LogP contribution in [-0.2, 0) is 9.47 Å². The SMILES string of the molecule is OCC1(CO)COC(CO)(CO)CO1. The van der Waals surface area contributed by atoms with E-state index in [1.54, 1.807) is 0 Å². The lowest BCUT2D eigenvalue weighted by atomic mass is 10.0. The molecule has 0 amide bonds. The van der Waals surface area contributed by atoms with Crippen LogP contribution in [0.4, 0.5) is 0 Å². The number of hydrogen-bond acceptors (Lipinski definition) is 6. The fraction of sp³-hybridized carbons (Fsp3) is 1.00. The Morgan fingerprint density at radius 1 is 0.714 bits per heavy atom. The zero-order valence-corrected chi connectivity index (χ0v) is 7.85. The maximum atomic E-state index is 8.97. The van der Waals surface area contributed by atoms with Crippen molar-refractivity contribution in [2.45, 2.75) is 11.2 Å². The van der Waals surface area contributed by atoms with Gasteiger partial charge in [-0.2, -0.15) is 0 Å². The van der Waals surface area contributed by atoms with E-state index >= 15 is 0 Å². The second-order valence-electron chi connectivity index (χ2n) is 3.58. The summed E-state index contributed by atoms with van der Waals surface area (Å²) in [7, 11) is 0. The van der Waals surface area contributed by atoms with E-state index in [-0.39, 0.29) is 39.6 Å². The third kappa shape index (κ3) is 2.05. The molecule has 1 aliphatic rings. The van der Waals surface area contributed by atoms with E-state index in [9.17, 15) is 0 Å². The van der Waals surface area contributed by atoms with Gasteiger partial charge < -0.3 is 29.9 Å². The Hall–Kier alpha value is -0.240. The summed E-state index contributed by atoms with van der Waals surface area (Å²) in [6, 6.07) is 0. The Kier molecular flexibility index (Phi) is 3.82. The van der Waals surface area contributed by atoms with Crippen molar-refractivity contribution in [3.8, 4) is 0 Å². The van der Waals surface area contributed by atoms with E-state index in [1.165, 1.54) is 0 Å². The van der Waals surface area contributed by atoms with Crippen LogP contribution in [0.15, 0.2) is 0 Å². The van der Waals surface area contributed by atoms with E-state index in [0.29, 0.717) is 0 Å². The van der Waals surface area contributed by atoms with E-state index in [0.717, 1.165) is 0 Å². The molecule has 0 radical (unpaired) electrons. The van der Waals surface area contributed by atoms with Crippen LogP contribution in [0.2, 0.25) is 0 Å². The lowest BCUT2D eigenvalue weighted by Gasteiger charge is -2.43. The van der Waals surface area contributed by atoms with Crippen molar-refractivity contribution in [3.05, 3.63) is 0 Å². The average Bonchev–Trinajstić information content (AvgIpc) is 2.29. The molecule has 1 rings (SSSR count).